The molecule has 0 saturated carbocycles. The Balaban J connectivity index is 4.06. The molecule has 0 aromatic rings. The predicted octanol–water partition coefficient (Wildman–Crippen LogP) is 0.813. The summed E-state index contributed by atoms with van der Waals surface area (Å²) in [5.41, 5.74) is 0. The second-order valence-corrected chi connectivity index (χ2v) is 5.23. The summed E-state index contributed by atoms with van der Waals surface area (Å²) >= 11 is 0. The van der Waals surface area contributed by atoms with Crippen molar-refractivity contribution in [3.05, 3.63) is 0 Å². The zero-order valence-corrected chi connectivity index (χ0v) is 9.30. The highest BCUT2D eigenvalue weighted by Gasteiger charge is 2.21. The highest BCUT2D eigenvalue weighted by atomic mass is 31.2. The summed E-state index contributed by atoms with van der Waals surface area (Å²) in [6, 6.07) is 0. The Hall–Kier alpha value is -0.870. The van der Waals surface area contributed by atoms with Crippen molar-refractivity contribution in [2.24, 2.45) is 0 Å². The number of rotatable bonds is 4. The van der Waals surface area contributed by atoms with Crippen molar-refractivity contribution in [3.63, 3.8) is 0 Å². The SMILES string of the molecule is CCOP(C)(=O)CC(=O)NC(=O)OC. The van der Waals surface area contributed by atoms with Crippen molar-refractivity contribution < 1.29 is 23.4 Å². The molecule has 0 rings (SSSR count). The summed E-state index contributed by atoms with van der Waals surface area (Å²) in [6.45, 7) is 3.28. The fraction of sp³-hybridized carbons (Fsp3) is 0.714. The van der Waals surface area contributed by atoms with Gasteiger partial charge < -0.3 is 9.26 Å². The van der Waals surface area contributed by atoms with Gasteiger partial charge in [-0.25, -0.2) is 4.79 Å². The third-order valence-electron chi connectivity index (χ3n) is 1.26. The largest absolute Gasteiger partial charge is 0.453 e. The van der Waals surface area contributed by atoms with Gasteiger partial charge in [-0.1, -0.05) is 0 Å². The summed E-state index contributed by atoms with van der Waals surface area (Å²) in [5, 5.41) is 1.89. The van der Waals surface area contributed by atoms with Gasteiger partial charge in [0.2, 0.25) is 13.3 Å². The van der Waals surface area contributed by atoms with Crippen LogP contribution in [-0.4, -0.2) is 38.5 Å². The second-order valence-electron chi connectivity index (χ2n) is 2.63. The molecule has 0 aliphatic rings. The first-order valence-corrected chi connectivity index (χ1v) is 6.26. The molecule has 0 saturated heterocycles. The van der Waals surface area contributed by atoms with E-state index in [1.165, 1.54) is 6.66 Å². The molecular formula is C7H14NO5P. The molecular weight excluding hydrogens is 209 g/mol. The number of imide groups is 1. The van der Waals surface area contributed by atoms with E-state index in [9.17, 15) is 14.2 Å². The standard InChI is InChI=1S/C7H14NO5P/c1-4-13-14(3,11)5-6(9)8-7(10)12-2/h4-5H2,1-3H3,(H,8,9,10). The Bertz CT molecular complexity index is 265. The van der Waals surface area contributed by atoms with E-state index in [-0.39, 0.29) is 12.8 Å². The number of methoxy groups -OCH3 is 1. The maximum Gasteiger partial charge on any atom is 0.413 e. The van der Waals surface area contributed by atoms with E-state index in [1.54, 1.807) is 6.92 Å². The van der Waals surface area contributed by atoms with Gasteiger partial charge in [-0.15, -0.1) is 0 Å². The monoisotopic (exact) mass is 223 g/mol. The number of nitrogens with one attached hydrogen (secondary N) is 1. The van der Waals surface area contributed by atoms with Crippen LogP contribution in [0.1, 0.15) is 6.92 Å². The van der Waals surface area contributed by atoms with Gasteiger partial charge in [0, 0.05) is 6.66 Å². The lowest BCUT2D eigenvalue weighted by atomic mass is 10.7. The molecule has 7 heteroatoms. The van der Waals surface area contributed by atoms with Crippen molar-refractivity contribution in [1.82, 2.24) is 5.32 Å². The van der Waals surface area contributed by atoms with E-state index in [4.69, 9.17) is 4.52 Å². The fourth-order valence-corrected chi connectivity index (χ4v) is 2.02. The Morgan fingerprint density at radius 3 is 2.43 bits per heavy atom. The van der Waals surface area contributed by atoms with E-state index in [2.05, 4.69) is 4.74 Å². The van der Waals surface area contributed by atoms with Crippen LogP contribution in [0.25, 0.3) is 0 Å². The van der Waals surface area contributed by atoms with Gasteiger partial charge in [0.1, 0.15) is 6.16 Å². The molecule has 0 aliphatic heterocycles. The summed E-state index contributed by atoms with van der Waals surface area (Å²) in [7, 11) is -1.80. The Morgan fingerprint density at radius 2 is 2.00 bits per heavy atom. The zero-order valence-electron chi connectivity index (χ0n) is 8.40. The quantitative estimate of drug-likeness (QED) is 0.713. The first kappa shape index (κ1) is 13.1. The van der Waals surface area contributed by atoms with Gasteiger partial charge in [0.15, 0.2) is 0 Å². The Morgan fingerprint density at radius 1 is 1.43 bits per heavy atom. The molecule has 0 aromatic carbocycles. The third kappa shape index (κ3) is 5.72. The average molecular weight is 223 g/mol. The molecule has 2 amide bonds. The molecule has 6 nitrogen and oxygen atoms in total. The van der Waals surface area contributed by atoms with Gasteiger partial charge in [0.05, 0.1) is 13.7 Å². The average Bonchev–Trinajstić information content (AvgIpc) is 2.02. The highest BCUT2D eigenvalue weighted by molar-refractivity contribution is 7.59. The molecule has 0 heterocycles. The van der Waals surface area contributed by atoms with Crippen molar-refractivity contribution in [3.8, 4) is 0 Å². The van der Waals surface area contributed by atoms with E-state index < -0.39 is 19.4 Å². The summed E-state index contributed by atoms with van der Waals surface area (Å²) in [6.07, 6.45) is -1.19. The van der Waals surface area contributed by atoms with Crippen LogP contribution in [0.5, 0.6) is 0 Å². The highest BCUT2D eigenvalue weighted by Crippen LogP contribution is 2.41. The van der Waals surface area contributed by atoms with Gasteiger partial charge in [-0.2, -0.15) is 0 Å². The van der Waals surface area contributed by atoms with E-state index in [1.807, 2.05) is 5.32 Å². The van der Waals surface area contributed by atoms with Gasteiger partial charge in [-0.3, -0.25) is 14.7 Å². The molecule has 1 N–H and O–H groups in total. The number of hydrogen-bond acceptors (Lipinski definition) is 5. The van der Waals surface area contributed by atoms with Crippen molar-refractivity contribution in [2.45, 2.75) is 6.92 Å². The maximum atomic E-state index is 11.5. The predicted molar refractivity (Wildman–Crippen MR) is 50.6 cm³/mol. The van der Waals surface area contributed by atoms with Gasteiger partial charge in [0.25, 0.3) is 0 Å². The van der Waals surface area contributed by atoms with E-state index in [0.717, 1.165) is 7.11 Å². The topological polar surface area (TPSA) is 81.7 Å². The molecule has 0 bridgehead atoms. The lowest BCUT2D eigenvalue weighted by Gasteiger charge is -2.11. The summed E-state index contributed by atoms with van der Waals surface area (Å²) in [4.78, 5) is 21.6. The third-order valence-corrected chi connectivity index (χ3v) is 2.93. The van der Waals surface area contributed by atoms with Crippen LogP contribution in [0, 0.1) is 0 Å². The molecule has 1 atom stereocenters. The lowest BCUT2D eigenvalue weighted by molar-refractivity contribution is -0.118. The normalized spacial score (nSPS) is 14.2. The summed E-state index contributed by atoms with van der Waals surface area (Å²) in [5.74, 6) is -0.670. The number of carbonyl (C=O) groups excluding carboxylic acids is 2. The van der Waals surface area contributed by atoms with Crippen LogP contribution in [0.3, 0.4) is 0 Å². The number of hydrogen-bond donors (Lipinski definition) is 1. The first-order chi connectivity index (χ1) is 6.41. The molecule has 0 radical (unpaired) electrons. The minimum Gasteiger partial charge on any atom is -0.453 e. The first-order valence-electron chi connectivity index (χ1n) is 4.00. The van der Waals surface area contributed by atoms with E-state index >= 15 is 0 Å². The molecule has 82 valence electrons. The smallest absolute Gasteiger partial charge is 0.413 e. The van der Waals surface area contributed by atoms with Crippen LogP contribution >= 0.6 is 7.37 Å². The van der Waals surface area contributed by atoms with Crippen LogP contribution in [-0.2, 0) is 18.6 Å². The van der Waals surface area contributed by atoms with Crippen molar-refractivity contribution in [1.29, 1.82) is 0 Å². The van der Waals surface area contributed by atoms with Gasteiger partial charge in [-0.05, 0) is 6.92 Å². The summed E-state index contributed by atoms with van der Waals surface area (Å²) < 4.78 is 20.5. The maximum absolute atomic E-state index is 11.5. The van der Waals surface area contributed by atoms with Gasteiger partial charge >= 0.3 is 6.09 Å². The number of amides is 2. The second kappa shape index (κ2) is 5.78. The van der Waals surface area contributed by atoms with Crippen LogP contribution in [0.15, 0.2) is 0 Å². The molecule has 0 spiro atoms. The van der Waals surface area contributed by atoms with Crippen molar-refractivity contribution in [2.75, 3.05) is 26.5 Å². The van der Waals surface area contributed by atoms with Crippen LogP contribution in [0.2, 0.25) is 0 Å². The fourth-order valence-electron chi connectivity index (χ4n) is 0.784. The van der Waals surface area contributed by atoms with E-state index in [0.29, 0.717) is 0 Å². The number of carbonyl (C=O) groups is 2. The molecule has 0 fully saturated rings. The van der Waals surface area contributed by atoms with Crippen molar-refractivity contribution >= 4 is 19.4 Å². The van der Waals surface area contributed by atoms with Crippen LogP contribution < -0.4 is 5.32 Å². The minimum absolute atomic E-state index is 0.263. The Labute approximate surface area is 82.4 Å². The number of alkyl carbamates (subject to hydrolysis) is 1. The molecule has 1 unspecified atom stereocenters. The minimum atomic E-state index is -2.94. The molecule has 0 aromatic heterocycles. The van der Waals surface area contributed by atoms with Crippen LogP contribution in [0.4, 0.5) is 4.79 Å². The number of ether oxygens (including phenoxy) is 1. The lowest BCUT2D eigenvalue weighted by Crippen LogP contribution is -2.32. The molecule has 0 aliphatic carbocycles. The Kier molecular flexibility index (Phi) is 5.42. The zero-order chi connectivity index (χ0) is 11.2. The molecule has 14 heavy (non-hydrogen) atoms.